The van der Waals surface area contributed by atoms with E-state index in [2.05, 4.69) is 4.98 Å². The Morgan fingerprint density at radius 1 is 1.23 bits per heavy atom. The van der Waals surface area contributed by atoms with Crippen LogP contribution in [0.3, 0.4) is 0 Å². The molecule has 0 radical (unpaired) electrons. The van der Waals surface area contributed by atoms with Gasteiger partial charge in [0.1, 0.15) is 23.8 Å². The molecule has 0 saturated carbocycles. The monoisotopic (exact) mass is 350 g/mol. The van der Waals surface area contributed by atoms with Crippen LogP contribution in [0.4, 0.5) is 0 Å². The highest BCUT2D eigenvalue weighted by Crippen LogP contribution is 2.30. The summed E-state index contributed by atoms with van der Waals surface area (Å²) in [5.41, 5.74) is 0.933. The molecule has 2 rings (SSSR count). The summed E-state index contributed by atoms with van der Waals surface area (Å²) in [4.78, 5) is 17.6. The van der Waals surface area contributed by atoms with Gasteiger partial charge in [0.15, 0.2) is 0 Å². The standard InChI is InChI=1S/C14H8Cl2N4OS/c15-10-2-1-9(7-11(10)16)13-19-12(8-22-13)14(21)20(5-3-17)6-4-18/h1-2,7-8H,5-6H2. The van der Waals surface area contributed by atoms with E-state index in [4.69, 9.17) is 33.7 Å². The molecule has 8 heteroatoms. The van der Waals surface area contributed by atoms with Gasteiger partial charge < -0.3 is 4.90 Å². The third-order valence-electron chi connectivity index (χ3n) is 2.70. The molecule has 110 valence electrons. The summed E-state index contributed by atoms with van der Waals surface area (Å²) < 4.78 is 0. The Kier molecular flexibility index (Phi) is 5.35. The molecular formula is C14H8Cl2N4OS. The minimum Gasteiger partial charge on any atom is -0.311 e. The number of carbonyl (C=O) groups is 1. The van der Waals surface area contributed by atoms with Gasteiger partial charge in [-0.1, -0.05) is 29.3 Å². The van der Waals surface area contributed by atoms with Crippen molar-refractivity contribution in [3.63, 3.8) is 0 Å². The summed E-state index contributed by atoms with van der Waals surface area (Å²) in [6.07, 6.45) is 0. The number of rotatable bonds is 4. The Labute approximate surface area is 140 Å². The van der Waals surface area contributed by atoms with Crippen molar-refractivity contribution >= 4 is 40.4 Å². The number of halogens is 2. The van der Waals surface area contributed by atoms with Crippen LogP contribution in [0.2, 0.25) is 10.0 Å². The summed E-state index contributed by atoms with van der Waals surface area (Å²) in [6.45, 7) is -0.321. The molecule has 0 aliphatic carbocycles. The SMILES string of the molecule is N#CCN(CC#N)C(=O)c1csc(-c2ccc(Cl)c(Cl)c2)n1. The van der Waals surface area contributed by atoms with Gasteiger partial charge in [-0.3, -0.25) is 4.79 Å². The molecule has 22 heavy (non-hydrogen) atoms. The number of aromatic nitrogens is 1. The van der Waals surface area contributed by atoms with Crippen molar-refractivity contribution in [3.05, 3.63) is 39.3 Å². The minimum atomic E-state index is -0.453. The molecule has 0 spiro atoms. The van der Waals surface area contributed by atoms with Crippen LogP contribution in [-0.2, 0) is 0 Å². The maximum atomic E-state index is 12.2. The number of nitriles is 2. The summed E-state index contributed by atoms with van der Waals surface area (Å²) in [6, 6.07) is 8.78. The second-order valence-corrected chi connectivity index (χ2v) is 5.82. The molecule has 1 amide bonds. The molecule has 1 aromatic heterocycles. The van der Waals surface area contributed by atoms with Crippen LogP contribution in [0.25, 0.3) is 10.6 Å². The van der Waals surface area contributed by atoms with E-state index in [0.29, 0.717) is 15.1 Å². The average molecular weight is 351 g/mol. The van der Waals surface area contributed by atoms with Crippen LogP contribution >= 0.6 is 34.5 Å². The molecule has 0 atom stereocenters. The van der Waals surface area contributed by atoms with Crippen molar-refractivity contribution in [1.29, 1.82) is 10.5 Å². The molecule has 0 saturated heterocycles. The van der Waals surface area contributed by atoms with E-state index >= 15 is 0 Å². The molecular weight excluding hydrogens is 343 g/mol. The zero-order valence-electron chi connectivity index (χ0n) is 11.1. The largest absolute Gasteiger partial charge is 0.311 e. The molecule has 2 aromatic rings. The third-order valence-corrected chi connectivity index (χ3v) is 4.33. The first-order valence-electron chi connectivity index (χ1n) is 6.01. The molecule has 5 nitrogen and oxygen atoms in total. The van der Waals surface area contributed by atoms with Gasteiger partial charge in [0.2, 0.25) is 0 Å². The summed E-state index contributed by atoms with van der Waals surface area (Å²) in [5, 5.41) is 20.4. The summed E-state index contributed by atoms with van der Waals surface area (Å²) in [5.74, 6) is -0.453. The molecule has 0 N–H and O–H groups in total. The first-order chi connectivity index (χ1) is 10.6. The zero-order chi connectivity index (χ0) is 16.1. The van der Waals surface area contributed by atoms with Crippen molar-refractivity contribution in [3.8, 4) is 22.7 Å². The first kappa shape index (κ1) is 16.3. The lowest BCUT2D eigenvalue weighted by molar-refractivity contribution is 0.0790. The predicted octanol–water partition coefficient (Wildman–Crippen LogP) is 3.61. The van der Waals surface area contributed by atoms with Crippen molar-refractivity contribution in [2.45, 2.75) is 0 Å². The van der Waals surface area contributed by atoms with Gasteiger partial charge in [0.25, 0.3) is 5.91 Å². The highest BCUT2D eigenvalue weighted by atomic mass is 35.5. The third kappa shape index (κ3) is 3.55. The number of carbonyl (C=O) groups excluding carboxylic acids is 1. The average Bonchev–Trinajstić information content (AvgIpc) is 2.99. The van der Waals surface area contributed by atoms with E-state index in [1.165, 1.54) is 11.3 Å². The predicted molar refractivity (Wildman–Crippen MR) is 84.7 cm³/mol. The lowest BCUT2D eigenvalue weighted by Crippen LogP contribution is -2.32. The number of amides is 1. The van der Waals surface area contributed by atoms with Gasteiger partial charge in [-0.15, -0.1) is 11.3 Å². The van der Waals surface area contributed by atoms with E-state index in [1.807, 2.05) is 12.1 Å². The van der Waals surface area contributed by atoms with Crippen LogP contribution < -0.4 is 0 Å². The van der Waals surface area contributed by atoms with E-state index < -0.39 is 5.91 Å². The summed E-state index contributed by atoms with van der Waals surface area (Å²) >= 11 is 13.1. The van der Waals surface area contributed by atoms with Crippen LogP contribution in [0.5, 0.6) is 0 Å². The fraction of sp³-hybridized carbons (Fsp3) is 0.143. The second kappa shape index (κ2) is 7.24. The number of thiazole rings is 1. The van der Waals surface area contributed by atoms with E-state index in [1.54, 1.807) is 23.6 Å². The van der Waals surface area contributed by atoms with E-state index in [0.717, 1.165) is 10.5 Å². The van der Waals surface area contributed by atoms with Gasteiger partial charge >= 0.3 is 0 Å². The molecule has 0 unspecified atom stereocenters. The maximum Gasteiger partial charge on any atom is 0.275 e. The lowest BCUT2D eigenvalue weighted by Gasteiger charge is -2.13. The number of hydrogen-bond donors (Lipinski definition) is 0. The van der Waals surface area contributed by atoms with E-state index in [9.17, 15) is 4.79 Å². The Morgan fingerprint density at radius 2 is 1.91 bits per heavy atom. The fourth-order valence-corrected chi connectivity index (χ4v) is 2.75. The topological polar surface area (TPSA) is 80.8 Å². The molecule has 0 fully saturated rings. The van der Waals surface area contributed by atoms with Crippen molar-refractivity contribution < 1.29 is 4.79 Å². The van der Waals surface area contributed by atoms with E-state index in [-0.39, 0.29) is 18.8 Å². The Hall–Kier alpha value is -2.12. The normalized spacial score (nSPS) is 9.82. The maximum absolute atomic E-state index is 12.2. The zero-order valence-corrected chi connectivity index (χ0v) is 13.4. The molecule has 0 aliphatic rings. The number of hydrogen-bond acceptors (Lipinski definition) is 5. The lowest BCUT2D eigenvalue weighted by atomic mass is 10.2. The minimum absolute atomic E-state index is 0.161. The van der Waals surface area contributed by atoms with Gasteiger partial charge in [0, 0.05) is 10.9 Å². The van der Waals surface area contributed by atoms with Crippen LogP contribution in [0, 0.1) is 22.7 Å². The van der Waals surface area contributed by atoms with Crippen molar-refractivity contribution in [1.82, 2.24) is 9.88 Å². The Morgan fingerprint density at radius 3 is 2.50 bits per heavy atom. The van der Waals surface area contributed by atoms with Crippen molar-refractivity contribution in [2.75, 3.05) is 13.1 Å². The second-order valence-electron chi connectivity index (χ2n) is 4.14. The van der Waals surface area contributed by atoms with Gasteiger partial charge in [-0.25, -0.2) is 4.98 Å². The number of benzene rings is 1. The first-order valence-corrected chi connectivity index (χ1v) is 7.64. The van der Waals surface area contributed by atoms with Crippen LogP contribution in [0.1, 0.15) is 10.5 Å². The fourth-order valence-electron chi connectivity index (χ4n) is 1.67. The number of nitrogens with zero attached hydrogens (tertiary/aromatic N) is 4. The molecule has 0 aliphatic heterocycles. The van der Waals surface area contributed by atoms with Gasteiger partial charge in [-0.05, 0) is 12.1 Å². The van der Waals surface area contributed by atoms with Gasteiger partial charge in [0.05, 0.1) is 22.2 Å². The van der Waals surface area contributed by atoms with Gasteiger partial charge in [-0.2, -0.15) is 10.5 Å². The van der Waals surface area contributed by atoms with Crippen LogP contribution in [-0.4, -0.2) is 28.9 Å². The molecule has 1 heterocycles. The quantitative estimate of drug-likeness (QED) is 0.788. The smallest absolute Gasteiger partial charge is 0.275 e. The molecule has 0 bridgehead atoms. The van der Waals surface area contributed by atoms with Crippen molar-refractivity contribution in [2.24, 2.45) is 0 Å². The highest BCUT2D eigenvalue weighted by molar-refractivity contribution is 7.13. The Balaban J connectivity index is 2.27. The Bertz CT molecular complexity index is 775. The highest BCUT2D eigenvalue weighted by Gasteiger charge is 2.19. The van der Waals surface area contributed by atoms with Crippen LogP contribution in [0.15, 0.2) is 23.6 Å². The molecule has 1 aromatic carbocycles. The summed E-state index contributed by atoms with van der Waals surface area (Å²) in [7, 11) is 0.